The number of rotatable bonds is 10. The molecule has 0 aliphatic rings. The summed E-state index contributed by atoms with van der Waals surface area (Å²) < 4.78 is 11.2. The molecule has 0 radical (unpaired) electrons. The van der Waals surface area contributed by atoms with Crippen LogP contribution in [0.25, 0.3) is 0 Å². The molecule has 0 spiro atoms. The number of nitrogens with one attached hydrogen (secondary N) is 1. The smallest absolute Gasteiger partial charge is 0.0721 e. The minimum absolute atomic E-state index is 0.494. The molecule has 1 rings (SSSR count). The highest BCUT2D eigenvalue weighted by molar-refractivity contribution is 5.26. The molecule has 0 atom stereocenters. The van der Waals surface area contributed by atoms with Crippen LogP contribution in [0.4, 0.5) is 0 Å². The molecule has 1 aromatic carbocycles. The van der Waals surface area contributed by atoms with Crippen LogP contribution in [0.15, 0.2) is 24.3 Å². The van der Waals surface area contributed by atoms with E-state index in [2.05, 4.69) is 57.3 Å². The summed E-state index contributed by atoms with van der Waals surface area (Å²) >= 11 is 0. The molecule has 1 N–H and O–H groups in total. The van der Waals surface area contributed by atoms with Crippen molar-refractivity contribution in [3.63, 3.8) is 0 Å². The van der Waals surface area contributed by atoms with E-state index in [-0.39, 0.29) is 0 Å². The third-order valence-electron chi connectivity index (χ3n) is 2.90. The summed E-state index contributed by atoms with van der Waals surface area (Å²) in [5, 5.41) is 3.45. The third kappa shape index (κ3) is 7.63. The van der Waals surface area contributed by atoms with Crippen LogP contribution in [0.3, 0.4) is 0 Å². The SMILES string of the molecule is CC(C)COCCOCc1ccccc1CNC(C)C. The van der Waals surface area contributed by atoms with E-state index in [9.17, 15) is 0 Å². The molecule has 0 saturated heterocycles. The van der Waals surface area contributed by atoms with Crippen molar-refractivity contribution in [2.75, 3.05) is 19.8 Å². The highest BCUT2D eigenvalue weighted by Gasteiger charge is 2.03. The van der Waals surface area contributed by atoms with Crippen LogP contribution < -0.4 is 5.32 Å². The van der Waals surface area contributed by atoms with Crippen molar-refractivity contribution >= 4 is 0 Å². The highest BCUT2D eigenvalue weighted by Crippen LogP contribution is 2.10. The molecule has 0 aromatic heterocycles. The largest absolute Gasteiger partial charge is 0.379 e. The van der Waals surface area contributed by atoms with Gasteiger partial charge in [0.1, 0.15) is 0 Å². The monoisotopic (exact) mass is 279 g/mol. The molecule has 0 amide bonds. The summed E-state index contributed by atoms with van der Waals surface area (Å²) in [5.41, 5.74) is 2.56. The van der Waals surface area contributed by atoms with Gasteiger partial charge in [-0.3, -0.25) is 0 Å². The zero-order chi connectivity index (χ0) is 14.8. The first-order chi connectivity index (χ1) is 9.59. The standard InChI is InChI=1S/C17H29NO2/c1-14(2)12-19-9-10-20-13-17-8-6-5-7-16(17)11-18-15(3)4/h5-8,14-15,18H,9-13H2,1-4H3. The lowest BCUT2D eigenvalue weighted by Gasteiger charge is -2.13. The van der Waals surface area contributed by atoms with Gasteiger partial charge in [-0.2, -0.15) is 0 Å². The lowest BCUT2D eigenvalue weighted by molar-refractivity contribution is 0.0312. The molecule has 0 aliphatic carbocycles. The Morgan fingerprint density at radius 3 is 2.25 bits per heavy atom. The van der Waals surface area contributed by atoms with Crippen molar-refractivity contribution in [2.45, 2.75) is 46.9 Å². The van der Waals surface area contributed by atoms with Gasteiger partial charge in [-0.05, 0) is 17.0 Å². The third-order valence-corrected chi connectivity index (χ3v) is 2.90. The quantitative estimate of drug-likeness (QED) is 0.666. The number of hydrogen-bond donors (Lipinski definition) is 1. The van der Waals surface area contributed by atoms with Crippen molar-refractivity contribution in [3.8, 4) is 0 Å². The maximum Gasteiger partial charge on any atom is 0.0721 e. The normalized spacial score (nSPS) is 11.5. The van der Waals surface area contributed by atoms with Gasteiger partial charge in [-0.1, -0.05) is 52.0 Å². The van der Waals surface area contributed by atoms with E-state index in [1.807, 2.05) is 0 Å². The molecular weight excluding hydrogens is 250 g/mol. The lowest BCUT2D eigenvalue weighted by Crippen LogP contribution is -2.22. The van der Waals surface area contributed by atoms with Crippen LogP contribution in [-0.2, 0) is 22.6 Å². The van der Waals surface area contributed by atoms with Gasteiger partial charge in [-0.25, -0.2) is 0 Å². The van der Waals surface area contributed by atoms with Crippen molar-refractivity contribution in [1.82, 2.24) is 5.32 Å². The zero-order valence-corrected chi connectivity index (χ0v) is 13.3. The van der Waals surface area contributed by atoms with Crippen molar-refractivity contribution in [3.05, 3.63) is 35.4 Å². The van der Waals surface area contributed by atoms with E-state index in [4.69, 9.17) is 9.47 Å². The summed E-state index contributed by atoms with van der Waals surface area (Å²) in [6.45, 7) is 12.3. The fraction of sp³-hybridized carbons (Fsp3) is 0.647. The Morgan fingerprint density at radius 2 is 1.60 bits per heavy atom. The predicted molar refractivity (Wildman–Crippen MR) is 83.7 cm³/mol. The molecule has 20 heavy (non-hydrogen) atoms. The minimum atomic E-state index is 0.494. The van der Waals surface area contributed by atoms with Crippen LogP contribution in [0, 0.1) is 5.92 Å². The van der Waals surface area contributed by atoms with E-state index < -0.39 is 0 Å². The average Bonchev–Trinajstić information content (AvgIpc) is 2.41. The van der Waals surface area contributed by atoms with E-state index in [1.165, 1.54) is 11.1 Å². The van der Waals surface area contributed by atoms with Crippen LogP contribution in [0.1, 0.15) is 38.8 Å². The maximum atomic E-state index is 5.70. The minimum Gasteiger partial charge on any atom is -0.379 e. The summed E-state index contributed by atoms with van der Waals surface area (Å²) in [6, 6.07) is 8.92. The summed E-state index contributed by atoms with van der Waals surface area (Å²) in [5.74, 6) is 0.581. The Balaban J connectivity index is 2.28. The summed E-state index contributed by atoms with van der Waals surface area (Å²) in [7, 11) is 0. The molecule has 3 nitrogen and oxygen atoms in total. The maximum absolute atomic E-state index is 5.70. The Morgan fingerprint density at radius 1 is 0.950 bits per heavy atom. The number of ether oxygens (including phenoxy) is 2. The van der Waals surface area contributed by atoms with E-state index in [0.29, 0.717) is 31.8 Å². The van der Waals surface area contributed by atoms with Crippen molar-refractivity contribution < 1.29 is 9.47 Å². The average molecular weight is 279 g/mol. The van der Waals surface area contributed by atoms with Crippen LogP contribution >= 0.6 is 0 Å². The molecule has 114 valence electrons. The molecule has 0 aliphatic heterocycles. The fourth-order valence-electron chi connectivity index (χ4n) is 1.80. The van der Waals surface area contributed by atoms with Gasteiger partial charge < -0.3 is 14.8 Å². The van der Waals surface area contributed by atoms with Gasteiger partial charge >= 0.3 is 0 Å². The summed E-state index contributed by atoms with van der Waals surface area (Å²) in [4.78, 5) is 0. The van der Waals surface area contributed by atoms with Gasteiger partial charge in [0, 0.05) is 19.2 Å². The van der Waals surface area contributed by atoms with E-state index >= 15 is 0 Å². The summed E-state index contributed by atoms with van der Waals surface area (Å²) in [6.07, 6.45) is 0. The van der Waals surface area contributed by atoms with E-state index in [0.717, 1.165) is 13.2 Å². The Labute approximate surface area is 123 Å². The van der Waals surface area contributed by atoms with Crippen LogP contribution in [0.2, 0.25) is 0 Å². The molecule has 0 fully saturated rings. The molecule has 0 unspecified atom stereocenters. The molecule has 0 saturated carbocycles. The van der Waals surface area contributed by atoms with Crippen LogP contribution in [0.5, 0.6) is 0 Å². The Hall–Kier alpha value is -0.900. The molecule has 3 heteroatoms. The van der Waals surface area contributed by atoms with Crippen LogP contribution in [-0.4, -0.2) is 25.9 Å². The number of benzene rings is 1. The van der Waals surface area contributed by atoms with Gasteiger partial charge in [0.25, 0.3) is 0 Å². The fourth-order valence-corrected chi connectivity index (χ4v) is 1.80. The van der Waals surface area contributed by atoms with Gasteiger partial charge in [-0.15, -0.1) is 0 Å². The van der Waals surface area contributed by atoms with Crippen molar-refractivity contribution in [1.29, 1.82) is 0 Å². The first kappa shape index (κ1) is 17.2. The number of hydrogen-bond acceptors (Lipinski definition) is 3. The molecule has 1 aromatic rings. The predicted octanol–water partition coefficient (Wildman–Crippen LogP) is 3.37. The Kier molecular flexibility index (Phi) is 8.51. The second-order valence-corrected chi connectivity index (χ2v) is 5.83. The Bertz CT molecular complexity index is 364. The highest BCUT2D eigenvalue weighted by atomic mass is 16.5. The zero-order valence-electron chi connectivity index (χ0n) is 13.3. The van der Waals surface area contributed by atoms with Gasteiger partial charge in [0.2, 0.25) is 0 Å². The molecule has 0 bridgehead atoms. The molecule has 0 heterocycles. The van der Waals surface area contributed by atoms with Gasteiger partial charge in [0.05, 0.1) is 19.8 Å². The second kappa shape index (κ2) is 9.92. The lowest BCUT2D eigenvalue weighted by atomic mass is 10.1. The molecular formula is C17H29NO2. The first-order valence-electron chi connectivity index (χ1n) is 7.55. The van der Waals surface area contributed by atoms with Crippen molar-refractivity contribution in [2.24, 2.45) is 5.92 Å². The first-order valence-corrected chi connectivity index (χ1v) is 7.55. The second-order valence-electron chi connectivity index (χ2n) is 5.83. The topological polar surface area (TPSA) is 30.5 Å². The van der Waals surface area contributed by atoms with E-state index in [1.54, 1.807) is 0 Å². The van der Waals surface area contributed by atoms with Gasteiger partial charge in [0.15, 0.2) is 0 Å².